The Morgan fingerprint density at radius 3 is 3.08 bits per heavy atom. The number of thiophene rings is 1. The van der Waals surface area contributed by atoms with Crippen LogP contribution in [-0.4, -0.2) is 13.1 Å². The summed E-state index contributed by atoms with van der Waals surface area (Å²) in [5, 5.41) is 7.63. The molecule has 1 rings (SSSR count). The standard InChI is InChI=1S/C9H16N2S/c1-8(4-10)5-11-6-9-2-3-12-7-9/h2-3,7-8,11H,4-6,10H2,1H3. The molecule has 1 atom stereocenters. The van der Waals surface area contributed by atoms with Crippen molar-refractivity contribution in [2.24, 2.45) is 11.7 Å². The molecule has 1 unspecified atom stereocenters. The van der Waals surface area contributed by atoms with Crippen LogP contribution in [0.15, 0.2) is 16.8 Å². The smallest absolute Gasteiger partial charge is 0.0213 e. The van der Waals surface area contributed by atoms with Gasteiger partial charge in [-0.25, -0.2) is 0 Å². The van der Waals surface area contributed by atoms with E-state index in [0.717, 1.165) is 19.6 Å². The lowest BCUT2D eigenvalue weighted by Gasteiger charge is -2.08. The van der Waals surface area contributed by atoms with E-state index in [9.17, 15) is 0 Å². The molecule has 0 spiro atoms. The van der Waals surface area contributed by atoms with E-state index in [1.165, 1.54) is 5.56 Å². The van der Waals surface area contributed by atoms with Gasteiger partial charge in [-0.2, -0.15) is 11.3 Å². The molecule has 1 aromatic heterocycles. The maximum absolute atomic E-state index is 5.49. The second-order valence-corrected chi connectivity index (χ2v) is 3.88. The average Bonchev–Trinajstić information content (AvgIpc) is 2.57. The number of nitrogens with two attached hydrogens (primary N) is 1. The summed E-state index contributed by atoms with van der Waals surface area (Å²) in [6.07, 6.45) is 0. The van der Waals surface area contributed by atoms with Crippen LogP contribution in [0, 0.1) is 5.92 Å². The predicted molar refractivity (Wildman–Crippen MR) is 54.2 cm³/mol. The highest BCUT2D eigenvalue weighted by Crippen LogP contribution is 2.04. The zero-order chi connectivity index (χ0) is 8.81. The second kappa shape index (κ2) is 5.30. The molecule has 0 amide bonds. The van der Waals surface area contributed by atoms with Crippen molar-refractivity contribution in [2.75, 3.05) is 13.1 Å². The van der Waals surface area contributed by atoms with Crippen LogP contribution in [0.2, 0.25) is 0 Å². The molecule has 0 fully saturated rings. The molecule has 0 aromatic carbocycles. The lowest BCUT2D eigenvalue weighted by Crippen LogP contribution is -2.25. The molecule has 1 heterocycles. The summed E-state index contributed by atoms with van der Waals surface area (Å²) in [6, 6.07) is 2.14. The van der Waals surface area contributed by atoms with Crippen molar-refractivity contribution >= 4 is 11.3 Å². The molecule has 0 saturated carbocycles. The summed E-state index contributed by atoms with van der Waals surface area (Å²) in [4.78, 5) is 0. The first-order valence-electron chi connectivity index (χ1n) is 4.24. The van der Waals surface area contributed by atoms with E-state index in [2.05, 4.69) is 29.1 Å². The number of hydrogen-bond donors (Lipinski definition) is 2. The Morgan fingerprint density at radius 1 is 1.67 bits per heavy atom. The molecule has 0 aliphatic rings. The van der Waals surface area contributed by atoms with Crippen molar-refractivity contribution in [3.63, 3.8) is 0 Å². The van der Waals surface area contributed by atoms with E-state index in [4.69, 9.17) is 5.73 Å². The van der Waals surface area contributed by atoms with Gasteiger partial charge in [0.05, 0.1) is 0 Å². The van der Waals surface area contributed by atoms with E-state index >= 15 is 0 Å². The van der Waals surface area contributed by atoms with Gasteiger partial charge in [0.25, 0.3) is 0 Å². The molecule has 0 radical (unpaired) electrons. The van der Waals surface area contributed by atoms with Gasteiger partial charge < -0.3 is 11.1 Å². The predicted octanol–water partition coefficient (Wildman–Crippen LogP) is 1.43. The zero-order valence-corrected chi connectivity index (χ0v) is 8.23. The van der Waals surface area contributed by atoms with Gasteiger partial charge in [0.2, 0.25) is 0 Å². The molecule has 0 aliphatic carbocycles. The van der Waals surface area contributed by atoms with Crippen LogP contribution in [0.3, 0.4) is 0 Å². The Morgan fingerprint density at radius 2 is 2.50 bits per heavy atom. The van der Waals surface area contributed by atoms with Crippen LogP contribution in [0.4, 0.5) is 0 Å². The van der Waals surface area contributed by atoms with Crippen LogP contribution in [0.5, 0.6) is 0 Å². The van der Waals surface area contributed by atoms with Crippen LogP contribution < -0.4 is 11.1 Å². The second-order valence-electron chi connectivity index (χ2n) is 3.10. The molecule has 1 aromatic rings. The molecule has 12 heavy (non-hydrogen) atoms. The van der Waals surface area contributed by atoms with Gasteiger partial charge in [0.15, 0.2) is 0 Å². The Labute approximate surface area is 77.8 Å². The fourth-order valence-corrected chi connectivity index (χ4v) is 1.61. The quantitative estimate of drug-likeness (QED) is 0.726. The van der Waals surface area contributed by atoms with Crippen molar-refractivity contribution in [1.82, 2.24) is 5.32 Å². The summed E-state index contributed by atoms with van der Waals surface area (Å²) in [7, 11) is 0. The van der Waals surface area contributed by atoms with Crippen LogP contribution in [0.1, 0.15) is 12.5 Å². The number of hydrogen-bond acceptors (Lipinski definition) is 3. The zero-order valence-electron chi connectivity index (χ0n) is 7.42. The maximum Gasteiger partial charge on any atom is 0.0213 e. The van der Waals surface area contributed by atoms with Crippen molar-refractivity contribution in [3.05, 3.63) is 22.4 Å². The van der Waals surface area contributed by atoms with Gasteiger partial charge in [0.1, 0.15) is 0 Å². The third-order valence-corrected chi connectivity index (χ3v) is 2.54. The molecular formula is C9H16N2S. The Hall–Kier alpha value is -0.380. The lowest BCUT2D eigenvalue weighted by molar-refractivity contribution is 0.522. The Kier molecular flexibility index (Phi) is 4.29. The third kappa shape index (κ3) is 3.34. The van der Waals surface area contributed by atoms with E-state index in [1.807, 2.05) is 0 Å². The van der Waals surface area contributed by atoms with Gasteiger partial charge in [0, 0.05) is 6.54 Å². The SMILES string of the molecule is CC(CN)CNCc1ccsc1. The van der Waals surface area contributed by atoms with Crippen molar-refractivity contribution < 1.29 is 0 Å². The first kappa shape index (κ1) is 9.71. The molecule has 0 saturated heterocycles. The summed E-state index contributed by atoms with van der Waals surface area (Å²) in [6.45, 7) is 4.89. The van der Waals surface area contributed by atoms with Crippen molar-refractivity contribution in [1.29, 1.82) is 0 Å². The van der Waals surface area contributed by atoms with Crippen LogP contribution in [-0.2, 0) is 6.54 Å². The van der Waals surface area contributed by atoms with Gasteiger partial charge in [-0.3, -0.25) is 0 Å². The monoisotopic (exact) mass is 184 g/mol. The Balaban J connectivity index is 2.11. The number of rotatable bonds is 5. The molecule has 0 aliphatic heterocycles. The van der Waals surface area contributed by atoms with Crippen molar-refractivity contribution in [3.8, 4) is 0 Å². The minimum absolute atomic E-state index is 0.573. The normalized spacial score (nSPS) is 13.2. The molecule has 68 valence electrons. The van der Waals surface area contributed by atoms with E-state index < -0.39 is 0 Å². The summed E-state index contributed by atoms with van der Waals surface area (Å²) >= 11 is 1.74. The highest BCUT2D eigenvalue weighted by molar-refractivity contribution is 7.07. The lowest BCUT2D eigenvalue weighted by atomic mass is 10.2. The van der Waals surface area contributed by atoms with Gasteiger partial charge in [-0.1, -0.05) is 6.92 Å². The molecule has 2 nitrogen and oxygen atoms in total. The maximum atomic E-state index is 5.49. The van der Waals surface area contributed by atoms with Crippen LogP contribution >= 0.6 is 11.3 Å². The van der Waals surface area contributed by atoms with Gasteiger partial charge >= 0.3 is 0 Å². The summed E-state index contributed by atoms with van der Waals surface area (Å²) in [5.41, 5.74) is 6.86. The molecular weight excluding hydrogens is 168 g/mol. The first-order chi connectivity index (χ1) is 5.83. The molecule has 0 bridgehead atoms. The highest BCUT2D eigenvalue weighted by atomic mass is 32.1. The van der Waals surface area contributed by atoms with Crippen molar-refractivity contribution in [2.45, 2.75) is 13.5 Å². The van der Waals surface area contributed by atoms with E-state index in [1.54, 1.807) is 11.3 Å². The van der Waals surface area contributed by atoms with E-state index in [0.29, 0.717) is 5.92 Å². The van der Waals surface area contributed by atoms with Gasteiger partial charge in [-0.15, -0.1) is 0 Å². The molecule has 3 heteroatoms. The topological polar surface area (TPSA) is 38.0 Å². The van der Waals surface area contributed by atoms with E-state index in [-0.39, 0.29) is 0 Å². The fraction of sp³-hybridized carbons (Fsp3) is 0.556. The Bertz CT molecular complexity index is 196. The average molecular weight is 184 g/mol. The fourth-order valence-electron chi connectivity index (χ4n) is 0.939. The highest BCUT2D eigenvalue weighted by Gasteiger charge is 1.97. The number of nitrogens with one attached hydrogen (secondary N) is 1. The minimum atomic E-state index is 0.573. The van der Waals surface area contributed by atoms with Crippen LogP contribution in [0.25, 0.3) is 0 Å². The third-order valence-electron chi connectivity index (χ3n) is 1.80. The summed E-state index contributed by atoms with van der Waals surface area (Å²) in [5.74, 6) is 0.573. The minimum Gasteiger partial charge on any atom is -0.330 e. The molecule has 3 N–H and O–H groups in total. The largest absolute Gasteiger partial charge is 0.330 e. The first-order valence-corrected chi connectivity index (χ1v) is 5.19. The summed E-state index contributed by atoms with van der Waals surface area (Å²) < 4.78 is 0. The van der Waals surface area contributed by atoms with Gasteiger partial charge in [-0.05, 0) is 41.4 Å².